The van der Waals surface area contributed by atoms with E-state index in [-0.39, 0.29) is 35.2 Å². The number of nitrogens with one attached hydrogen (secondary N) is 1. The molecule has 28 heavy (non-hydrogen) atoms. The smallest absolute Gasteiger partial charge is 0.416 e. The second-order valence-corrected chi connectivity index (χ2v) is 5.68. The molecule has 2 rings (SSSR count). The van der Waals surface area contributed by atoms with Crippen molar-refractivity contribution in [3.05, 3.63) is 68.7 Å². The highest BCUT2D eigenvalue weighted by molar-refractivity contribution is 6.33. The van der Waals surface area contributed by atoms with Gasteiger partial charge in [0.05, 0.1) is 27.6 Å². The first-order valence-electron chi connectivity index (χ1n) is 7.66. The van der Waals surface area contributed by atoms with Gasteiger partial charge in [0.1, 0.15) is 12.4 Å². The number of nitro benzene ring substituents is 1. The van der Waals surface area contributed by atoms with Crippen molar-refractivity contribution in [3.8, 4) is 17.6 Å². The fourth-order valence-electron chi connectivity index (χ4n) is 2.02. The zero-order valence-corrected chi connectivity index (χ0v) is 14.8. The number of halogens is 4. The average molecular weight is 413 g/mol. The van der Waals surface area contributed by atoms with Gasteiger partial charge in [-0.25, -0.2) is 0 Å². The summed E-state index contributed by atoms with van der Waals surface area (Å²) < 4.78 is 42.9. The SMILES string of the molecule is O=C(NCC#CCOc1cccc(C(F)(F)F)c1)c1cc([N+](=O)[O-])ccc1Cl. The van der Waals surface area contributed by atoms with E-state index < -0.39 is 22.6 Å². The van der Waals surface area contributed by atoms with Gasteiger partial charge in [-0.3, -0.25) is 14.9 Å². The van der Waals surface area contributed by atoms with Crippen LogP contribution in [0.2, 0.25) is 5.02 Å². The van der Waals surface area contributed by atoms with E-state index in [0.717, 1.165) is 18.2 Å². The van der Waals surface area contributed by atoms with Crippen LogP contribution in [-0.2, 0) is 6.18 Å². The van der Waals surface area contributed by atoms with Crippen LogP contribution in [-0.4, -0.2) is 24.0 Å². The number of ether oxygens (including phenoxy) is 1. The zero-order chi connectivity index (χ0) is 20.7. The molecule has 0 spiro atoms. The van der Waals surface area contributed by atoms with E-state index in [0.29, 0.717) is 0 Å². The van der Waals surface area contributed by atoms with E-state index in [1.807, 2.05) is 0 Å². The van der Waals surface area contributed by atoms with Crippen LogP contribution in [0, 0.1) is 22.0 Å². The maximum Gasteiger partial charge on any atom is 0.416 e. The number of nitrogens with zero attached hydrogens (tertiary/aromatic N) is 1. The first kappa shape index (κ1) is 21.1. The van der Waals surface area contributed by atoms with Gasteiger partial charge in [-0.15, -0.1) is 0 Å². The number of alkyl halides is 3. The Morgan fingerprint density at radius 1 is 1.21 bits per heavy atom. The van der Waals surface area contributed by atoms with Crippen molar-refractivity contribution >= 4 is 23.2 Å². The molecule has 10 heteroatoms. The lowest BCUT2D eigenvalue weighted by atomic mass is 10.2. The Labute approximate surface area is 162 Å². The lowest BCUT2D eigenvalue weighted by Gasteiger charge is -2.08. The van der Waals surface area contributed by atoms with Crippen LogP contribution < -0.4 is 10.1 Å². The molecule has 146 valence electrons. The molecule has 0 aromatic heterocycles. The Morgan fingerprint density at radius 3 is 2.64 bits per heavy atom. The lowest BCUT2D eigenvalue weighted by molar-refractivity contribution is -0.384. The maximum absolute atomic E-state index is 12.6. The van der Waals surface area contributed by atoms with Crippen LogP contribution in [0.15, 0.2) is 42.5 Å². The zero-order valence-electron chi connectivity index (χ0n) is 14.0. The van der Waals surface area contributed by atoms with Crippen molar-refractivity contribution in [1.82, 2.24) is 5.32 Å². The minimum Gasteiger partial charge on any atom is -0.481 e. The molecule has 2 aromatic rings. The molecule has 1 N–H and O–H groups in total. The molecule has 0 saturated carbocycles. The first-order valence-corrected chi connectivity index (χ1v) is 8.04. The van der Waals surface area contributed by atoms with Crippen LogP contribution in [0.5, 0.6) is 5.75 Å². The van der Waals surface area contributed by atoms with Gasteiger partial charge < -0.3 is 10.1 Å². The Morgan fingerprint density at radius 2 is 1.96 bits per heavy atom. The largest absolute Gasteiger partial charge is 0.481 e. The van der Waals surface area contributed by atoms with Crippen molar-refractivity contribution in [2.45, 2.75) is 6.18 Å². The average Bonchev–Trinajstić information content (AvgIpc) is 2.64. The summed E-state index contributed by atoms with van der Waals surface area (Å²) in [7, 11) is 0. The topological polar surface area (TPSA) is 81.5 Å². The number of hydrogen-bond donors (Lipinski definition) is 1. The second-order valence-electron chi connectivity index (χ2n) is 5.27. The summed E-state index contributed by atoms with van der Waals surface area (Å²) in [4.78, 5) is 22.1. The van der Waals surface area contributed by atoms with Gasteiger partial charge in [0, 0.05) is 12.1 Å². The molecule has 1 amide bonds. The number of rotatable bonds is 5. The first-order chi connectivity index (χ1) is 13.2. The molecule has 0 heterocycles. The highest BCUT2D eigenvalue weighted by atomic mass is 35.5. The molecule has 0 aliphatic rings. The van der Waals surface area contributed by atoms with E-state index in [1.54, 1.807) is 0 Å². The minimum atomic E-state index is -4.47. The van der Waals surface area contributed by atoms with Crippen LogP contribution in [0.1, 0.15) is 15.9 Å². The predicted octanol–water partition coefficient (Wildman–Crippen LogP) is 4.08. The van der Waals surface area contributed by atoms with Crippen molar-refractivity contribution in [3.63, 3.8) is 0 Å². The van der Waals surface area contributed by atoms with E-state index in [9.17, 15) is 28.1 Å². The van der Waals surface area contributed by atoms with Gasteiger partial charge in [0.25, 0.3) is 11.6 Å². The third kappa shape index (κ3) is 5.89. The van der Waals surface area contributed by atoms with Gasteiger partial charge in [0.15, 0.2) is 0 Å². The molecule has 0 aliphatic heterocycles. The predicted molar refractivity (Wildman–Crippen MR) is 95.2 cm³/mol. The quantitative estimate of drug-likeness (QED) is 0.456. The Balaban J connectivity index is 1.87. The van der Waals surface area contributed by atoms with Crippen molar-refractivity contribution < 1.29 is 27.6 Å². The second kappa shape index (κ2) is 9.10. The van der Waals surface area contributed by atoms with Crippen molar-refractivity contribution in [2.75, 3.05) is 13.2 Å². The summed E-state index contributed by atoms with van der Waals surface area (Å²) in [5.74, 6) is 4.45. The molecule has 0 radical (unpaired) electrons. The number of carbonyl (C=O) groups is 1. The van der Waals surface area contributed by atoms with Gasteiger partial charge in [0.2, 0.25) is 0 Å². The third-order valence-electron chi connectivity index (χ3n) is 3.34. The number of carbonyl (C=O) groups excluding carboxylic acids is 1. The standard InChI is InChI=1S/C18H12ClF3N2O4/c19-16-7-6-13(24(26)27)11-15(16)17(25)23-8-1-2-9-28-14-5-3-4-12(10-14)18(20,21)22/h3-7,10-11H,8-9H2,(H,23,25). The number of benzene rings is 2. The maximum atomic E-state index is 12.6. The number of non-ortho nitro benzene ring substituents is 1. The summed E-state index contributed by atoms with van der Waals surface area (Å²) in [6, 6.07) is 7.81. The van der Waals surface area contributed by atoms with Gasteiger partial charge >= 0.3 is 6.18 Å². The molecule has 2 aromatic carbocycles. The molecule has 0 aliphatic carbocycles. The van der Waals surface area contributed by atoms with Gasteiger partial charge in [-0.1, -0.05) is 29.5 Å². The van der Waals surface area contributed by atoms with Crippen molar-refractivity contribution in [1.29, 1.82) is 0 Å². The summed E-state index contributed by atoms with van der Waals surface area (Å²) in [6.45, 7) is -0.293. The Hall–Kier alpha value is -3.25. The van der Waals surface area contributed by atoms with Gasteiger partial charge in [-0.2, -0.15) is 13.2 Å². The van der Waals surface area contributed by atoms with Crippen LogP contribution >= 0.6 is 11.6 Å². The van der Waals surface area contributed by atoms with E-state index in [4.69, 9.17) is 16.3 Å². The number of amides is 1. The molecule has 0 unspecified atom stereocenters. The minimum absolute atomic E-state index is 0.0107. The number of nitro groups is 1. The Kier molecular flexibility index (Phi) is 6.84. The summed E-state index contributed by atoms with van der Waals surface area (Å²) >= 11 is 5.85. The summed E-state index contributed by atoms with van der Waals surface area (Å²) in [5.41, 5.74) is -1.19. The van der Waals surface area contributed by atoms with Crippen LogP contribution in [0.25, 0.3) is 0 Å². The van der Waals surface area contributed by atoms with E-state index in [1.165, 1.54) is 24.3 Å². The molecule has 6 nitrogen and oxygen atoms in total. The fraction of sp³-hybridized carbons (Fsp3) is 0.167. The fourth-order valence-corrected chi connectivity index (χ4v) is 2.22. The molecule has 0 atom stereocenters. The monoisotopic (exact) mass is 412 g/mol. The molecule has 0 bridgehead atoms. The molecule has 0 fully saturated rings. The van der Waals surface area contributed by atoms with Crippen LogP contribution in [0.3, 0.4) is 0 Å². The molecular formula is C18H12ClF3N2O4. The Bertz CT molecular complexity index is 952. The van der Waals surface area contributed by atoms with Gasteiger partial charge in [-0.05, 0) is 24.3 Å². The van der Waals surface area contributed by atoms with Crippen LogP contribution in [0.4, 0.5) is 18.9 Å². The summed E-state index contributed by atoms with van der Waals surface area (Å²) in [6.07, 6.45) is -4.47. The van der Waals surface area contributed by atoms with E-state index >= 15 is 0 Å². The third-order valence-corrected chi connectivity index (χ3v) is 3.67. The van der Waals surface area contributed by atoms with E-state index in [2.05, 4.69) is 17.2 Å². The highest BCUT2D eigenvalue weighted by Crippen LogP contribution is 2.31. The highest BCUT2D eigenvalue weighted by Gasteiger charge is 2.30. The van der Waals surface area contributed by atoms with Crippen molar-refractivity contribution in [2.24, 2.45) is 0 Å². The normalized spacial score (nSPS) is 10.6. The molecular weight excluding hydrogens is 401 g/mol. The summed E-state index contributed by atoms with van der Waals surface area (Å²) in [5, 5.41) is 13.2. The number of hydrogen-bond acceptors (Lipinski definition) is 4. The lowest BCUT2D eigenvalue weighted by Crippen LogP contribution is -2.24. The molecule has 0 saturated heterocycles.